The van der Waals surface area contributed by atoms with Crippen LogP contribution in [-0.4, -0.2) is 12.8 Å². The predicted octanol–water partition coefficient (Wildman–Crippen LogP) is 2.10. The van der Waals surface area contributed by atoms with Gasteiger partial charge in [-0.1, -0.05) is 20.1 Å². The van der Waals surface area contributed by atoms with Crippen molar-refractivity contribution in [3.63, 3.8) is 0 Å². The third kappa shape index (κ3) is 6.84. The predicted molar refractivity (Wildman–Crippen MR) is 50.7 cm³/mol. The topological polar surface area (TPSA) is 24.4 Å². The molecule has 0 unspecified atom stereocenters. The van der Waals surface area contributed by atoms with Crippen LogP contribution < -0.4 is 5.32 Å². The highest BCUT2D eigenvalue weighted by Gasteiger charge is 1.84. The summed E-state index contributed by atoms with van der Waals surface area (Å²) in [5.74, 6) is 0.704. The molecule has 0 saturated heterocycles. The summed E-state index contributed by atoms with van der Waals surface area (Å²) in [7, 11) is 0. The first-order valence-corrected chi connectivity index (χ1v) is 3.79. The van der Waals surface area contributed by atoms with E-state index in [9.17, 15) is 0 Å². The molecule has 0 rings (SSSR count). The van der Waals surface area contributed by atoms with Gasteiger partial charge in [0.1, 0.15) is 5.82 Å². The van der Waals surface area contributed by atoms with Crippen LogP contribution in [0, 0.1) is 0 Å². The van der Waals surface area contributed by atoms with Gasteiger partial charge < -0.3 is 5.32 Å². The van der Waals surface area contributed by atoms with E-state index in [-0.39, 0.29) is 0 Å². The molecular weight excluding hydrogens is 136 g/mol. The van der Waals surface area contributed by atoms with Crippen molar-refractivity contribution in [2.45, 2.75) is 20.3 Å². The quantitative estimate of drug-likeness (QED) is 0.599. The lowest BCUT2D eigenvalue weighted by atomic mass is 10.4. The van der Waals surface area contributed by atoms with Gasteiger partial charge in [-0.3, -0.25) is 0 Å². The summed E-state index contributed by atoms with van der Waals surface area (Å²) < 4.78 is 0. The number of hydrogen-bond acceptors (Lipinski definition) is 2. The molecule has 2 heteroatoms. The van der Waals surface area contributed by atoms with E-state index in [2.05, 4.69) is 30.4 Å². The van der Waals surface area contributed by atoms with E-state index in [4.69, 9.17) is 0 Å². The monoisotopic (exact) mass is 152 g/mol. The normalized spacial score (nSPS) is 10.0. The maximum Gasteiger partial charge on any atom is 0.118 e. The van der Waals surface area contributed by atoms with Crippen molar-refractivity contribution in [1.82, 2.24) is 5.32 Å². The zero-order valence-electron chi connectivity index (χ0n) is 7.35. The van der Waals surface area contributed by atoms with Crippen LogP contribution in [0.3, 0.4) is 0 Å². The van der Waals surface area contributed by atoms with Gasteiger partial charge in [-0.25, -0.2) is 4.99 Å². The Balaban J connectivity index is 3.60. The number of hydrogen-bond donors (Lipinski definition) is 1. The van der Waals surface area contributed by atoms with E-state index in [0.717, 1.165) is 18.5 Å². The van der Waals surface area contributed by atoms with Gasteiger partial charge in [0, 0.05) is 12.8 Å². The Hall–Kier alpha value is -1.05. The van der Waals surface area contributed by atoms with Crippen molar-refractivity contribution in [2.75, 3.05) is 6.54 Å². The van der Waals surface area contributed by atoms with Gasteiger partial charge in [-0.05, 0) is 18.9 Å². The molecule has 0 heterocycles. The van der Waals surface area contributed by atoms with Crippen LogP contribution in [0.15, 0.2) is 29.5 Å². The summed E-state index contributed by atoms with van der Waals surface area (Å²) in [6.45, 7) is 12.3. The van der Waals surface area contributed by atoms with Gasteiger partial charge in [-0.15, -0.1) is 0 Å². The van der Waals surface area contributed by atoms with E-state index in [1.165, 1.54) is 0 Å². The van der Waals surface area contributed by atoms with Gasteiger partial charge in [0.25, 0.3) is 0 Å². The van der Waals surface area contributed by atoms with Gasteiger partial charge in [0.2, 0.25) is 0 Å². The number of nitrogens with one attached hydrogen (secondary N) is 1. The number of rotatable bonds is 5. The molecule has 1 N–H and O–H groups in total. The molecule has 0 atom stereocenters. The Morgan fingerprint density at radius 3 is 2.64 bits per heavy atom. The molecular formula is C9H16N2. The minimum atomic E-state index is 0.704. The van der Waals surface area contributed by atoms with E-state index in [1.54, 1.807) is 6.21 Å². The highest BCUT2D eigenvalue weighted by Crippen LogP contribution is 1.88. The highest BCUT2D eigenvalue weighted by molar-refractivity contribution is 5.77. The van der Waals surface area contributed by atoms with Crippen LogP contribution >= 0.6 is 0 Å². The second-order valence-electron chi connectivity index (χ2n) is 2.48. The first-order chi connectivity index (χ1) is 5.16. The number of allylic oxidation sites excluding steroid dienone is 1. The molecule has 0 fully saturated rings. The molecule has 0 aromatic heterocycles. The molecule has 62 valence electrons. The van der Waals surface area contributed by atoms with Crippen LogP contribution in [0.5, 0.6) is 0 Å². The maximum atomic E-state index is 4.03. The molecule has 0 aliphatic rings. The average Bonchev–Trinajstić information content (AvgIpc) is 1.97. The van der Waals surface area contributed by atoms with Crippen molar-refractivity contribution < 1.29 is 0 Å². The standard InChI is InChI=1S/C9H16N2/c1-5-6-10-9(4)11-7-8(2)3/h7,10H,2,4-6H2,1,3H3/b11-7-. The molecule has 0 aromatic rings. The minimum Gasteiger partial charge on any atom is -0.371 e. The van der Waals surface area contributed by atoms with Crippen molar-refractivity contribution in [1.29, 1.82) is 0 Å². The smallest absolute Gasteiger partial charge is 0.118 e. The van der Waals surface area contributed by atoms with Gasteiger partial charge >= 0.3 is 0 Å². The molecule has 0 aliphatic carbocycles. The molecule has 0 amide bonds. The van der Waals surface area contributed by atoms with Crippen LogP contribution in [-0.2, 0) is 0 Å². The van der Waals surface area contributed by atoms with Crippen molar-refractivity contribution in [2.24, 2.45) is 4.99 Å². The Bertz CT molecular complexity index is 168. The summed E-state index contributed by atoms with van der Waals surface area (Å²) >= 11 is 0. The Morgan fingerprint density at radius 1 is 1.55 bits per heavy atom. The molecule has 2 nitrogen and oxygen atoms in total. The Labute approximate surface area is 68.7 Å². The second-order valence-corrected chi connectivity index (χ2v) is 2.48. The Kier molecular flexibility index (Phi) is 5.17. The fraction of sp³-hybridized carbons (Fsp3) is 0.444. The number of aliphatic imine (C=N–C) groups is 1. The molecule has 11 heavy (non-hydrogen) atoms. The summed E-state index contributed by atoms with van der Waals surface area (Å²) in [6.07, 6.45) is 2.78. The van der Waals surface area contributed by atoms with Crippen molar-refractivity contribution in [3.8, 4) is 0 Å². The molecule has 0 saturated carbocycles. The van der Waals surface area contributed by atoms with Crippen molar-refractivity contribution in [3.05, 3.63) is 24.6 Å². The van der Waals surface area contributed by atoms with Crippen LogP contribution in [0.1, 0.15) is 20.3 Å². The lowest BCUT2D eigenvalue weighted by Gasteiger charge is -2.01. The maximum absolute atomic E-state index is 4.03. The zero-order chi connectivity index (χ0) is 8.69. The van der Waals surface area contributed by atoms with Crippen LogP contribution in [0.2, 0.25) is 0 Å². The number of nitrogens with zero attached hydrogens (tertiary/aromatic N) is 1. The fourth-order valence-corrected chi connectivity index (χ4v) is 0.503. The average molecular weight is 152 g/mol. The van der Waals surface area contributed by atoms with Crippen molar-refractivity contribution >= 4 is 6.21 Å². The molecule has 0 spiro atoms. The first kappa shape index (κ1) is 9.95. The molecule has 0 aliphatic heterocycles. The molecule has 0 bridgehead atoms. The SMILES string of the molecule is C=C(C)/C=N\C(=C)NCCC. The second kappa shape index (κ2) is 5.71. The van der Waals surface area contributed by atoms with E-state index >= 15 is 0 Å². The summed E-state index contributed by atoms with van der Waals surface area (Å²) in [4.78, 5) is 4.03. The van der Waals surface area contributed by atoms with Gasteiger partial charge in [-0.2, -0.15) is 0 Å². The van der Waals surface area contributed by atoms with E-state index in [0.29, 0.717) is 5.82 Å². The largest absolute Gasteiger partial charge is 0.371 e. The first-order valence-electron chi connectivity index (χ1n) is 3.79. The van der Waals surface area contributed by atoms with Crippen LogP contribution in [0.4, 0.5) is 0 Å². The lowest BCUT2D eigenvalue weighted by molar-refractivity contribution is 0.765. The minimum absolute atomic E-state index is 0.704. The van der Waals surface area contributed by atoms with E-state index in [1.807, 2.05) is 6.92 Å². The molecule has 0 radical (unpaired) electrons. The Morgan fingerprint density at radius 2 is 2.18 bits per heavy atom. The lowest BCUT2D eigenvalue weighted by Crippen LogP contribution is -2.11. The van der Waals surface area contributed by atoms with Crippen LogP contribution in [0.25, 0.3) is 0 Å². The summed E-state index contributed by atoms with van der Waals surface area (Å²) in [5, 5.41) is 3.05. The summed E-state index contributed by atoms with van der Waals surface area (Å²) in [6, 6.07) is 0. The van der Waals surface area contributed by atoms with Gasteiger partial charge in [0.05, 0.1) is 0 Å². The third-order valence-corrected chi connectivity index (χ3v) is 1.02. The third-order valence-electron chi connectivity index (χ3n) is 1.02. The highest BCUT2D eigenvalue weighted by atomic mass is 15.0. The van der Waals surface area contributed by atoms with E-state index < -0.39 is 0 Å². The zero-order valence-corrected chi connectivity index (χ0v) is 7.35. The summed E-state index contributed by atoms with van der Waals surface area (Å²) in [5.41, 5.74) is 0.935. The molecule has 0 aromatic carbocycles. The fourth-order valence-electron chi connectivity index (χ4n) is 0.503. The van der Waals surface area contributed by atoms with Gasteiger partial charge in [0.15, 0.2) is 0 Å².